The molecular weight excluding hydrogens is 176 g/mol. The average Bonchev–Trinajstić information content (AvgIpc) is 3.00. The number of carbonyl (C=O) groups excluding carboxylic acids is 1. The zero-order chi connectivity index (χ0) is 9.97. The molecule has 0 heterocycles. The zero-order valence-electron chi connectivity index (χ0n) is 8.88. The highest BCUT2D eigenvalue weighted by atomic mass is 16.2. The van der Waals surface area contributed by atoms with Gasteiger partial charge in [0.25, 0.3) is 0 Å². The fourth-order valence-electron chi connectivity index (χ4n) is 1.92. The van der Waals surface area contributed by atoms with E-state index in [9.17, 15) is 4.79 Å². The Morgan fingerprint density at radius 3 is 2.86 bits per heavy atom. The van der Waals surface area contributed by atoms with Gasteiger partial charge in [-0.3, -0.25) is 4.79 Å². The summed E-state index contributed by atoms with van der Waals surface area (Å²) in [5.41, 5.74) is 0. The van der Waals surface area contributed by atoms with Gasteiger partial charge < -0.3 is 10.6 Å². The monoisotopic (exact) mass is 196 g/mol. The lowest BCUT2D eigenvalue weighted by Crippen LogP contribution is -2.36. The normalized spacial score (nSPS) is 30.1. The van der Waals surface area contributed by atoms with Crippen molar-refractivity contribution in [3.05, 3.63) is 0 Å². The maximum Gasteiger partial charge on any atom is 0.234 e. The van der Waals surface area contributed by atoms with Crippen LogP contribution in [0.15, 0.2) is 0 Å². The summed E-state index contributed by atoms with van der Waals surface area (Å²) >= 11 is 0. The quantitative estimate of drug-likeness (QED) is 0.666. The Balaban J connectivity index is 1.52. The van der Waals surface area contributed by atoms with E-state index in [0.717, 1.165) is 5.92 Å². The third-order valence-electron chi connectivity index (χ3n) is 3.05. The number of nitrogens with one attached hydrogen (secondary N) is 2. The Kier molecular flexibility index (Phi) is 3.06. The topological polar surface area (TPSA) is 41.1 Å². The molecule has 80 valence electrons. The van der Waals surface area contributed by atoms with Crippen LogP contribution in [0.1, 0.15) is 39.0 Å². The van der Waals surface area contributed by atoms with E-state index >= 15 is 0 Å². The van der Waals surface area contributed by atoms with Crippen molar-refractivity contribution in [1.29, 1.82) is 0 Å². The first-order valence-electron chi connectivity index (χ1n) is 5.82. The predicted octanol–water partition coefficient (Wildman–Crippen LogP) is 1.04. The molecule has 3 heteroatoms. The summed E-state index contributed by atoms with van der Waals surface area (Å²) in [6.07, 6.45) is 6.19. The molecule has 2 aliphatic carbocycles. The number of carbonyl (C=O) groups is 1. The van der Waals surface area contributed by atoms with Crippen molar-refractivity contribution in [1.82, 2.24) is 10.6 Å². The van der Waals surface area contributed by atoms with Crippen molar-refractivity contribution in [3.8, 4) is 0 Å². The van der Waals surface area contributed by atoms with Crippen molar-refractivity contribution in [2.24, 2.45) is 5.92 Å². The lowest BCUT2D eigenvalue weighted by molar-refractivity contribution is -0.120. The van der Waals surface area contributed by atoms with Gasteiger partial charge in [-0.25, -0.2) is 0 Å². The number of hydrogen-bond acceptors (Lipinski definition) is 2. The minimum absolute atomic E-state index is 0.176. The predicted molar refractivity (Wildman–Crippen MR) is 56.0 cm³/mol. The van der Waals surface area contributed by atoms with Gasteiger partial charge in [0.05, 0.1) is 6.54 Å². The van der Waals surface area contributed by atoms with Gasteiger partial charge in [-0.05, 0) is 31.6 Å². The van der Waals surface area contributed by atoms with Crippen LogP contribution in [-0.4, -0.2) is 24.5 Å². The van der Waals surface area contributed by atoms with Crippen molar-refractivity contribution < 1.29 is 4.79 Å². The molecule has 0 aromatic heterocycles. The Hall–Kier alpha value is -0.570. The Bertz CT molecular complexity index is 213. The molecule has 1 amide bonds. The van der Waals surface area contributed by atoms with E-state index in [0.29, 0.717) is 18.6 Å². The molecule has 0 bridgehead atoms. The van der Waals surface area contributed by atoms with Crippen molar-refractivity contribution in [3.63, 3.8) is 0 Å². The molecule has 2 fully saturated rings. The van der Waals surface area contributed by atoms with Crippen molar-refractivity contribution in [2.45, 2.75) is 51.1 Å². The maximum atomic E-state index is 11.3. The van der Waals surface area contributed by atoms with Crippen molar-refractivity contribution in [2.75, 3.05) is 6.54 Å². The number of hydrogen-bond donors (Lipinski definition) is 2. The molecule has 14 heavy (non-hydrogen) atoms. The van der Waals surface area contributed by atoms with Crippen LogP contribution < -0.4 is 10.6 Å². The summed E-state index contributed by atoms with van der Waals surface area (Å²) in [4.78, 5) is 11.3. The van der Waals surface area contributed by atoms with Crippen LogP contribution in [0.5, 0.6) is 0 Å². The minimum atomic E-state index is 0.176. The first-order chi connectivity index (χ1) is 6.79. The summed E-state index contributed by atoms with van der Waals surface area (Å²) in [7, 11) is 0. The molecule has 2 atom stereocenters. The van der Waals surface area contributed by atoms with Gasteiger partial charge in [0.1, 0.15) is 0 Å². The zero-order valence-corrected chi connectivity index (χ0v) is 8.88. The standard InChI is InChI=1S/C11H20N2O/c1-2-3-8-6-10(8)12-7-11(14)13-9-4-5-9/h8-10,12H,2-7H2,1H3,(H,13,14). The molecule has 2 rings (SSSR count). The van der Waals surface area contributed by atoms with Crippen LogP contribution in [0.4, 0.5) is 0 Å². The van der Waals surface area contributed by atoms with Crippen LogP contribution in [-0.2, 0) is 4.79 Å². The van der Waals surface area contributed by atoms with Gasteiger partial charge in [0, 0.05) is 12.1 Å². The number of rotatable bonds is 6. The Morgan fingerprint density at radius 1 is 1.43 bits per heavy atom. The van der Waals surface area contributed by atoms with E-state index in [-0.39, 0.29) is 5.91 Å². The second kappa shape index (κ2) is 4.30. The van der Waals surface area contributed by atoms with Crippen molar-refractivity contribution >= 4 is 5.91 Å². The summed E-state index contributed by atoms with van der Waals surface area (Å²) in [6.45, 7) is 2.73. The van der Waals surface area contributed by atoms with Gasteiger partial charge in [-0.1, -0.05) is 13.3 Å². The Morgan fingerprint density at radius 2 is 2.21 bits per heavy atom. The van der Waals surface area contributed by atoms with Crippen LogP contribution in [0.3, 0.4) is 0 Å². The van der Waals surface area contributed by atoms with E-state index < -0.39 is 0 Å². The van der Waals surface area contributed by atoms with Gasteiger partial charge in [0.2, 0.25) is 5.91 Å². The molecule has 0 aromatic carbocycles. The molecule has 2 N–H and O–H groups in total. The first kappa shape index (κ1) is 9.97. The van der Waals surface area contributed by atoms with Crippen LogP contribution >= 0.6 is 0 Å². The summed E-state index contributed by atoms with van der Waals surface area (Å²) in [5.74, 6) is 1.02. The smallest absolute Gasteiger partial charge is 0.234 e. The average molecular weight is 196 g/mol. The summed E-state index contributed by atoms with van der Waals surface area (Å²) < 4.78 is 0. The van der Waals surface area contributed by atoms with E-state index in [4.69, 9.17) is 0 Å². The molecule has 0 aliphatic heterocycles. The molecular formula is C11H20N2O. The fraction of sp³-hybridized carbons (Fsp3) is 0.909. The van der Waals surface area contributed by atoms with Gasteiger partial charge in [0.15, 0.2) is 0 Å². The molecule has 3 nitrogen and oxygen atoms in total. The summed E-state index contributed by atoms with van der Waals surface area (Å²) in [6, 6.07) is 1.12. The third-order valence-corrected chi connectivity index (χ3v) is 3.05. The fourth-order valence-corrected chi connectivity index (χ4v) is 1.92. The highest BCUT2D eigenvalue weighted by Crippen LogP contribution is 2.34. The lowest BCUT2D eigenvalue weighted by atomic mass is 10.2. The second-order valence-electron chi connectivity index (χ2n) is 4.61. The minimum Gasteiger partial charge on any atom is -0.352 e. The SMILES string of the molecule is CCCC1CC1NCC(=O)NC1CC1. The second-order valence-corrected chi connectivity index (χ2v) is 4.61. The van der Waals surface area contributed by atoms with E-state index in [1.54, 1.807) is 0 Å². The maximum absolute atomic E-state index is 11.3. The van der Waals surface area contributed by atoms with Gasteiger partial charge in [-0.15, -0.1) is 0 Å². The highest BCUT2D eigenvalue weighted by Gasteiger charge is 2.35. The molecule has 0 aromatic rings. The molecule has 0 saturated heterocycles. The first-order valence-corrected chi connectivity index (χ1v) is 5.82. The van der Waals surface area contributed by atoms with Crippen LogP contribution in [0, 0.1) is 5.92 Å². The van der Waals surface area contributed by atoms with Gasteiger partial charge >= 0.3 is 0 Å². The molecule has 0 spiro atoms. The lowest BCUT2D eigenvalue weighted by Gasteiger charge is -2.04. The summed E-state index contributed by atoms with van der Waals surface area (Å²) in [5, 5.41) is 6.29. The molecule has 2 aliphatic rings. The van der Waals surface area contributed by atoms with Crippen LogP contribution in [0.25, 0.3) is 0 Å². The Labute approximate surface area is 85.6 Å². The largest absolute Gasteiger partial charge is 0.352 e. The van der Waals surface area contributed by atoms with Crippen LogP contribution in [0.2, 0.25) is 0 Å². The molecule has 2 unspecified atom stereocenters. The molecule has 2 saturated carbocycles. The third kappa shape index (κ3) is 2.98. The molecule has 0 radical (unpaired) electrons. The van der Waals surface area contributed by atoms with E-state index in [2.05, 4.69) is 17.6 Å². The van der Waals surface area contributed by atoms with E-state index in [1.165, 1.54) is 32.1 Å². The highest BCUT2D eigenvalue weighted by molar-refractivity contribution is 5.78. The van der Waals surface area contributed by atoms with Gasteiger partial charge in [-0.2, -0.15) is 0 Å². The van der Waals surface area contributed by atoms with E-state index in [1.807, 2.05) is 0 Å². The number of amides is 1.